The maximum absolute atomic E-state index is 2.41. The summed E-state index contributed by atoms with van der Waals surface area (Å²) >= 11 is 0. The quantitative estimate of drug-likeness (QED) is 0.602. The zero-order valence-corrected chi connectivity index (χ0v) is 8.81. The van der Waals surface area contributed by atoms with Crippen LogP contribution in [0.15, 0.2) is 12.1 Å². The Morgan fingerprint density at radius 2 is 1.83 bits per heavy atom. The van der Waals surface area contributed by atoms with Gasteiger partial charge in [0.2, 0.25) is 0 Å². The molecule has 1 aromatic heterocycles. The van der Waals surface area contributed by atoms with Crippen LogP contribution in [0.5, 0.6) is 0 Å². The lowest BCUT2D eigenvalue weighted by Crippen LogP contribution is -2.24. The van der Waals surface area contributed by atoms with E-state index >= 15 is 0 Å². The fourth-order valence-corrected chi connectivity index (χ4v) is 1.83. The van der Waals surface area contributed by atoms with Gasteiger partial charge in [-0.1, -0.05) is 6.92 Å². The lowest BCUT2D eigenvalue weighted by Gasteiger charge is -2.26. The van der Waals surface area contributed by atoms with Gasteiger partial charge in [-0.2, -0.15) is 0 Å². The van der Waals surface area contributed by atoms with Crippen molar-refractivity contribution < 1.29 is 0 Å². The third kappa shape index (κ3) is 1.55. The molecule has 12 heavy (non-hydrogen) atoms. The molecule has 1 heterocycles. The SMILES string of the molecule is CCc1ccc(C)n1C(C)(C)C. The van der Waals surface area contributed by atoms with Gasteiger partial charge in [-0.3, -0.25) is 0 Å². The normalized spacial score (nSPS) is 12.1. The Labute approximate surface area is 75.4 Å². The molecule has 0 saturated heterocycles. The van der Waals surface area contributed by atoms with Crippen molar-refractivity contribution in [1.29, 1.82) is 0 Å². The van der Waals surface area contributed by atoms with E-state index < -0.39 is 0 Å². The summed E-state index contributed by atoms with van der Waals surface area (Å²) in [5, 5.41) is 0. The predicted molar refractivity (Wildman–Crippen MR) is 53.5 cm³/mol. The lowest BCUT2D eigenvalue weighted by atomic mass is 10.1. The summed E-state index contributed by atoms with van der Waals surface area (Å²) in [6.07, 6.45) is 1.12. The molecule has 0 aromatic carbocycles. The highest BCUT2D eigenvalue weighted by Crippen LogP contribution is 2.21. The van der Waals surface area contributed by atoms with Crippen LogP contribution in [0.25, 0.3) is 0 Å². The molecule has 1 aromatic rings. The largest absolute Gasteiger partial charge is 0.344 e. The molecular weight excluding hydrogens is 146 g/mol. The van der Waals surface area contributed by atoms with Gasteiger partial charge in [-0.05, 0) is 46.2 Å². The second kappa shape index (κ2) is 2.96. The predicted octanol–water partition coefficient (Wildman–Crippen LogP) is 3.11. The van der Waals surface area contributed by atoms with E-state index in [9.17, 15) is 0 Å². The second-order valence-electron chi connectivity index (χ2n) is 4.33. The Hall–Kier alpha value is -0.720. The fraction of sp³-hybridized carbons (Fsp3) is 0.636. The Bertz CT molecular complexity index is 263. The summed E-state index contributed by atoms with van der Waals surface area (Å²) in [4.78, 5) is 0. The van der Waals surface area contributed by atoms with E-state index in [-0.39, 0.29) is 5.54 Å². The summed E-state index contributed by atoms with van der Waals surface area (Å²) in [5.74, 6) is 0. The molecule has 1 heteroatoms. The van der Waals surface area contributed by atoms with Crippen molar-refractivity contribution >= 4 is 0 Å². The van der Waals surface area contributed by atoms with Gasteiger partial charge in [0.15, 0.2) is 0 Å². The number of nitrogens with zero attached hydrogens (tertiary/aromatic N) is 1. The summed E-state index contributed by atoms with van der Waals surface area (Å²) < 4.78 is 2.41. The maximum atomic E-state index is 2.41. The number of hydrogen-bond acceptors (Lipinski definition) is 0. The summed E-state index contributed by atoms with van der Waals surface area (Å²) in [7, 11) is 0. The molecule has 1 rings (SSSR count). The molecule has 0 amide bonds. The third-order valence-electron chi connectivity index (χ3n) is 2.19. The van der Waals surface area contributed by atoms with E-state index in [1.165, 1.54) is 11.4 Å². The Kier molecular flexibility index (Phi) is 2.31. The highest BCUT2D eigenvalue weighted by atomic mass is 15.1. The monoisotopic (exact) mass is 165 g/mol. The first kappa shape index (κ1) is 9.37. The molecule has 0 bridgehead atoms. The molecular formula is C11H19N. The van der Waals surface area contributed by atoms with Crippen molar-refractivity contribution in [3.63, 3.8) is 0 Å². The lowest BCUT2D eigenvalue weighted by molar-refractivity contribution is 0.379. The number of aryl methyl sites for hydroxylation is 2. The van der Waals surface area contributed by atoms with Crippen LogP contribution in [0.3, 0.4) is 0 Å². The van der Waals surface area contributed by atoms with Gasteiger partial charge >= 0.3 is 0 Å². The van der Waals surface area contributed by atoms with Gasteiger partial charge in [0, 0.05) is 16.9 Å². The van der Waals surface area contributed by atoms with Crippen molar-refractivity contribution in [3.05, 3.63) is 23.5 Å². The van der Waals surface area contributed by atoms with Gasteiger partial charge in [0.25, 0.3) is 0 Å². The minimum atomic E-state index is 0.221. The zero-order valence-electron chi connectivity index (χ0n) is 8.81. The average Bonchev–Trinajstić information content (AvgIpc) is 2.29. The van der Waals surface area contributed by atoms with E-state index in [2.05, 4.69) is 51.3 Å². The number of hydrogen-bond donors (Lipinski definition) is 0. The summed E-state index contributed by atoms with van der Waals surface area (Å²) in [5.41, 5.74) is 3.01. The van der Waals surface area contributed by atoms with Crippen LogP contribution in [0.2, 0.25) is 0 Å². The van der Waals surface area contributed by atoms with Crippen molar-refractivity contribution in [3.8, 4) is 0 Å². The van der Waals surface area contributed by atoms with Gasteiger partial charge in [-0.15, -0.1) is 0 Å². The molecule has 0 radical (unpaired) electrons. The molecule has 0 atom stereocenters. The Balaban J connectivity index is 3.19. The van der Waals surface area contributed by atoms with Crippen LogP contribution in [0.4, 0.5) is 0 Å². The average molecular weight is 165 g/mol. The topological polar surface area (TPSA) is 4.93 Å². The van der Waals surface area contributed by atoms with Crippen molar-refractivity contribution in [2.75, 3.05) is 0 Å². The molecule has 0 aliphatic carbocycles. The zero-order chi connectivity index (χ0) is 9.35. The number of rotatable bonds is 1. The Morgan fingerprint density at radius 1 is 1.25 bits per heavy atom. The minimum absolute atomic E-state index is 0.221. The van der Waals surface area contributed by atoms with E-state index in [1.807, 2.05) is 0 Å². The molecule has 68 valence electrons. The minimum Gasteiger partial charge on any atom is -0.344 e. The van der Waals surface area contributed by atoms with Crippen LogP contribution < -0.4 is 0 Å². The summed E-state index contributed by atoms with van der Waals surface area (Å²) in [6.45, 7) is 11.1. The summed E-state index contributed by atoms with van der Waals surface area (Å²) in [6, 6.07) is 4.42. The Morgan fingerprint density at radius 3 is 2.17 bits per heavy atom. The van der Waals surface area contributed by atoms with E-state index in [0.717, 1.165) is 6.42 Å². The van der Waals surface area contributed by atoms with Crippen LogP contribution in [-0.2, 0) is 12.0 Å². The van der Waals surface area contributed by atoms with E-state index in [1.54, 1.807) is 0 Å². The van der Waals surface area contributed by atoms with E-state index in [4.69, 9.17) is 0 Å². The third-order valence-corrected chi connectivity index (χ3v) is 2.19. The van der Waals surface area contributed by atoms with Crippen molar-refractivity contribution in [2.45, 2.75) is 46.6 Å². The molecule has 0 unspecified atom stereocenters. The van der Waals surface area contributed by atoms with Crippen molar-refractivity contribution in [1.82, 2.24) is 4.57 Å². The molecule has 0 N–H and O–H groups in total. The molecule has 0 saturated carbocycles. The molecule has 0 fully saturated rings. The highest BCUT2D eigenvalue weighted by Gasteiger charge is 2.16. The van der Waals surface area contributed by atoms with Crippen LogP contribution in [0, 0.1) is 6.92 Å². The molecule has 0 aliphatic heterocycles. The maximum Gasteiger partial charge on any atom is 0.0360 e. The van der Waals surface area contributed by atoms with E-state index in [0.29, 0.717) is 0 Å². The number of aromatic nitrogens is 1. The second-order valence-corrected chi connectivity index (χ2v) is 4.33. The first-order valence-corrected chi connectivity index (χ1v) is 4.64. The first-order chi connectivity index (χ1) is 5.46. The van der Waals surface area contributed by atoms with Gasteiger partial charge in [0.1, 0.15) is 0 Å². The molecule has 0 aliphatic rings. The smallest absolute Gasteiger partial charge is 0.0360 e. The van der Waals surface area contributed by atoms with Crippen LogP contribution >= 0.6 is 0 Å². The standard InChI is InChI=1S/C11H19N/c1-6-10-8-7-9(2)12(10)11(3,4)5/h7-8H,6H2,1-5H3. The van der Waals surface area contributed by atoms with Gasteiger partial charge in [-0.25, -0.2) is 0 Å². The highest BCUT2D eigenvalue weighted by molar-refractivity contribution is 5.17. The molecule has 0 spiro atoms. The van der Waals surface area contributed by atoms with Crippen LogP contribution in [-0.4, -0.2) is 4.57 Å². The van der Waals surface area contributed by atoms with Crippen molar-refractivity contribution in [2.24, 2.45) is 0 Å². The fourth-order valence-electron chi connectivity index (χ4n) is 1.83. The van der Waals surface area contributed by atoms with Gasteiger partial charge in [0.05, 0.1) is 0 Å². The first-order valence-electron chi connectivity index (χ1n) is 4.64. The van der Waals surface area contributed by atoms with Crippen LogP contribution in [0.1, 0.15) is 39.1 Å². The molecule has 1 nitrogen and oxygen atoms in total. The van der Waals surface area contributed by atoms with Gasteiger partial charge < -0.3 is 4.57 Å².